The van der Waals surface area contributed by atoms with Crippen LogP contribution in [0, 0.1) is 12.3 Å². The van der Waals surface area contributed by atoms with Crippen molar-refractivity contribution in [1.29, 1.82) is 0 Å². The molecule has 1 rings (SSSR count). The van der Waals surface area contributed by atoms with Crippen molar-refractivity contribution in [1.82, 2.24) is 4.98 Å². The molecule has 0 amide bonds. The van der Waals surface area contributed by atoms with Gasteiger partial charge in [-0.15, -0.1) is 6.42 Å². The Labute approximate surface area is 72.6 Å². The van der Waals surface area contributed by atoms with Gasteiger partial charge >= 0.3 is 0 Å². The summed E-state index contributed by atoms with van der Waals surface area (Å²) >= 11 is 0. The number of rotatable bonds is 3. The summed E-state index contributed by atoms with van der Waals surface area (Å²) in [4.78, 5) is 3.94. The second-order valence-electron chi connectivity index (χ2n) is 2.40. The molecule has 0 aliphatic heterocycles. The first-order valence-electron chi connectivity index (χ1n) is 3.91. The number of terminal acetylenes is 1. The second-order valence-corrected chi connectivity index (χ2v) is 2.40. The van der Waals surface area contributed by atoms with Gasteiger partial charge in [-0.05, 0) is 12.5 Å². The molecule has 1 aromatic heterocycles. The van der Waals surface area contributed by atoms with Gasteiger partial charge in [-0.25, -0.2) is 0 Å². The zero-order chi connectivity index (χ0) is 8.81. The summed E-state index contributed by atoms with van der Waals surface area (Å²) in [7, 11) is 0. The Morgan fingerprint density at radius 2 is 2.42 bits per heavy atom. The molecule has 0 spiro atoms. The van der Waals surface area contributed by atoms with Gasteiger partial charge in [0, 0.05) is 11.8 Å². The van der Waals surface area contributed by atoms with Crippen molar-refractivity contribution in [3.63, 3.8) is 0 Å². The third kappa shape index (κ3) is 2.28. The number of hydrogen-bond donors (Lipinski definition) is 0. The normalized spacial score (nSPS) is 9.00. The molecule has 0 fully saturated rings. The van der Waals surface area contributed by atoms with Crippen molar-refractivity contribution in [2.45, 2.75) is 13.3 Å². The molecule has 0 N–H and O–H groups in total. The lowest BCUT2D eigenvalue weighted by molar-refractivity contribution is 0.316. The van der Waals surface area contributed by atoms with Crippen molar-refractivity contribution < 1.29 is 4.74 Å². The highest BCUT2D eigenvalue weighted by Gasteiger charge is 1.93. The minimum absolute atomic E-state index is 0.704. The van der Waals surface area contributed by atoms with Crippen LogP contribution in [-0.2, 0) is 0 Å². The van der Waals surface area contributed by atoms with E-state index in [1.807, 2.05) is 6.07 Å². The van der Waals surface area contributed by atoms with E-state index in [-0.39, 0.29) is 0 Å². The fourth-order valence-corrected chi connectivity index (χ4v) is 0.797. The predicted octanol–water partition coefficient (Wildman–Crippen LogP) is 1.85. The zero-order valence-corrected chi connectivity index (χ0v) is 7.08. The summed E-state index contributed by atoms with van der Waals surface area (Å²) < 4.78 is 5.34. The van der Waals surface area contributed by atoms with Gasteiger partial charge in [-0.1, -0.05) is 12.8 Å². The molecular weight excluding hydrogens is 150 g/mol. The number of nitrogens with zero attached hydrogens (tertiary/aromatic N) is 1. The Kier molecular flexibility index (Phi) is 3.16. The van der Waals surface area contributed by atoms with Crippen LogP contribution in [0.3, 0.4) is 0 Å². The van der Waals surface area contributed by atoms with E-state index in [0.717, 1.165) is 17.7 Å². The Morgan fingerprint density at radius 1 is 1.58 bits per heavy atom. The molecule has 0 saturated carbocycles. The Hall–Kier alpha value is -1.49. The van der Waals surface area contributed by atoms with Crippen molar-refractivity contribution in [2.24, 2.45) is 0 Å². The van der Waals surface area contributed by atoms with Crippen LogP contribution in [0.1, 0.15) is 18.9 Å². The largest absolute Gasteiger partial charge is 0.492 e. The lowest BCUT2D eigenvalue weighted by Crippen LogP contribution is -1.95. The van der Waals surface area contributed by atoms with Gasteiger partial charge in [-0.2, -0.15) is 0 Å². The molecule has 0 atom stereocenters. The molecule has 62 valence electrons. The van der Waals surface area contributed by atoms with Gasteiger partial charge in [0.2, 0.25) is 0 Å². The van der Waals surface area contributed by atoms with Gasteiger partial charge < -0.3 is 4.74 Å². The molecule has 2 nitrogen and oxygen atoms in total. The molecule has 0 aliphatic rings. The molecule has 0 saturated heterocycles. The zero-order valence-electron chi connectivity index (χ0n) is 7.08. The maximum atomic E-state index is 5.34. The summed E-state index contributed by atoms with van der Waals surface area (Å²) in [6, 6.07) is 1.81. The lowest BCUT2D eigenvalue weighted by Gasteiger charge is -2.02. The molecule has 0 radical (unpaired) electrons. The minimum atomic E-state index is 0.704. The van der Waals surface area contributed by atoms with Gasteiger partial charge in [0.1, 0.15) is 5.75 Å². The number of aromatic nitrogens is 1. The van der Waals surface area contributed by atoms with Crippen LogP contribution < -0.4 is 4.74 Å². The van der Waals surface area contributed by atoms with Crippen LogP contribution in [0.2, 0.25) is 0 Å². The summed E-state index contributed by atoms with van der Waals surface area (Å²) in [6.45, 7) is 2.76. The topological polar surface area (TPSA) is 22.1 Å². The quantitative estimate of drug-likeness (QED) is 0.631. The molecule has 2 heteroatoms. The number of hydrogen-bond acceptors (Lipinski definition) is 2. The predicted molar refractivity (Wildman–Crippen MR) is 48.0 cm³/mol. The molecular formula is C10H11NO. The van der Waals surface area contributed by atoms with E-state index in [4.69, 9.17) is 11.2 Å². The fraction of sp³-hybridized carbons (Fsp3) is 0.300. The van der Waals surface area contributed by atoms with E-state index in [1.54, 1.807) is 12.4 Å². The summed E-state index contributed by atoms with van der Waals surface area (Å²) in [5, 5.41) is 0. The highest BCUT2D eigenvalue weighted by atomic mass is 16.5. The maximum absolute atomic E-state index is 5.34. The molecule has 0 aliphatic carbocycles. The van der Waals surface area contributed by atoms with Crippen LogP contribution in [0.25, 0.3) is 0 Å². The summed E-state index contributed by atoms with van der Waals surface area (Å²) in [5.74, 6) is 3.24. The van der Waals surface area contributed by atoms with E-state index >= 15 is 0 Å². The average Bonchev–Trinajstić information content (AvgIpc) is 2.15. The average molecular weight is 161 g/mol. The highest BCUT2D eigenvalue weighted by Crippen LogP contribution is 2.10. The summed E-state index contributed by atoms with van der Waals surface area (Å²) in [5.41, 5.74) is 0.753. The van der Waals surface area contributed by atoms with E-state index in [0.29, 0.717) is 6.61 Å². The molecule has 0 unspecified atom stereocenters. The highest BCUT2D eigenvalue weighted by molar-refractivity contribution is 5.34. The molecule has 0 aromatic carbocycles. The number of pyridine rings is 1. The first-order valence-corrected chi connectivity index (χ1v) is 3.91. The van der Waals surface area contributed by atoms with Crippen LogP contribution in [-0.4, -0.2) is 11.6 Å². The molecule has 0 bridgehead atoms. The molecule has 1 aromatic rings. The van der Waals surface area contributed by atoms with Crippen molar-refractivity contribution in [3.8, 4) is 18.1 Å². The van der Waals surface area contributed by atoms with Gasteiger partial charge in [0.25, 0.3) is 0 Å². The van der Waals surface area contributed by atoms with E-state index < -0.39 is 0 Å². The van der Waals surface area contributed by atoms with Crippen LogP contribution >= 0.6 is 0 Å². The van der Waals surface area contributed by atoms with Gasteiger partial charge in [0.15, 0.2) is 0 Å². The summed E-state index contributed by atoms with van der Waals surface area (Å²) in [6.07, 6.45) is 9.49. The van der Waals surface area contributed by atoms with Crippen molar-refractivity contribution in [3.05, 3.63) is 24.0 Å². The van der Waals surface area contributed by atoms with Crippen molar-refractivity contribution >= 4 is 0 Å². The number of ether oxygens (including phenoxy) is 1. The van der Waals surface area contributed by atoms with Gasteiger partial charge in [0.05, 0.1) is 12.8 Å². The smallest absolute Gasteiger partial charge is 0.138 e. The Bertz CT molecular complexity index is 288. The van der Waals surface area contributed by atoms with Crippen LogP contribution in [0.4, 0.5) is 0 Å². The van der Waals surface area contributed by atoms with Crippen LogP contribution in [0.5, 0.6) is 5.75 Å². The van der Waals surface area contributed by atoms with E-state index in [1.165, 1.54) is 0 Å². The van der Waals surface area contributed by atoms with Crippen LogP contribution in [0.15, 0.2) is 18.5 Å². The van der Waals surface area contributed by atoms with E-state index in [9.17, 15) is 0 Å². The second kappa shape index (κ2) is 4.40. The van der Waals surface area contributed by atoms with E-state index in [2.05, 4.69) is 17.8 Å². The lowest BCUT2D eigenvalue weighted by atomic mass is 10.3. The minimum Gasteiger partial charge on any atom is -0.492 e. The maximum Gasteiger partial charge on any atom is 0.138 e. The molecule has 12 heavy (non-hydrogen) atoms. The monoisotopic (exact) mass is 161 g/mol. The molecule has 1 heterocycles. The first-order chi connectivity index (χ1) is 5.86. The standard InChI is InChI=1S/C10H11NO/c1-3-5-12-10-6-9(4-2)7-11-8-10/h2,6-8H,3,5H2,1H3. The Balaban J connectivity index is 2.68. The van der Waals surface area contributed by atoms with Crippen molar-refractivity contribution in [2.75, 3.05) is 6.61 Å². The first kappa shape index (κ1) is 8.61. The third-order valence-corrected chi connectivity index (χ3v) is 1.35. The van der Waals surface area contributed by atoms with Gasteiger partial charge in [-0.3, -0.25) is 4.98 Å². The third-order valence-electron chi connectivity index (χ3n) is 1.35. The fourth-order valence-electron chi connectivity index (χ4n) is 0.797. The SMILES string of the molecule is C#Cc1cncc(OCCC)c1. The Morgan fingerprint density at radius 3 is 3.08 bits per heavy atom.